The van der Waals surface area contributed by atoms with E-state index in [1.165, 1.54) is 12.3 Å². The highest BCUT2D eigenvalue weighted by Crippen LogP contribution is 2.35. The number of hydrogen-bond acceptors (Lipinski definition) is 5. The average Bonchev–Trinajstić information content (AvgIpc) is 3.42. The van der Waals surface area contributed by atoms with E-state index in [0.29, 0.717) is 25.6 Å². The number of fused-ring (bicyclic) bond motifs is 4. The van der Waals surface area contributed by atoms with E-state index in [4.69, 9.17) is 4.74 Å². The summed E-state index contributed by atoms with van der Waals surface area (Å²) < 4.78 is 34.6. The van der Waals surface area contributed by atoms with Crippen LogP contribution in [0, 0.1) is 11.6 Å². The molecule has 5 rings (SSSR count). The SMILES string of the molecule is CCCCOc1c2n(cc(C(=O)NCc3ccc(F)cc3F)c1=O)C[C@H]1N(C[C@@H]3CCCN31)C2=O. The minimum Gasteiger partial charge on any atom is -0.487 e. The smallest absolute Gasteiger partial charge is 0.275 e. The lowest BCUT2D eigenvalue weighted by Gasteiger charge is -2.36. The molecule has 3 aliphatic heterocycles. The summed E-state index contributed by atoms with van der Waals surface area (Å²) in [4.78, 5) is 43.9. The maximum absolute atomic E-state index is 14.0. The first-order chi connectivity index (χ1) is 16.9. The van der Waals surface area contributed by atoms with Gasteiger partial charge in [0.25, 0.3) is 11.8 Å². The van der Waals surface area contributed by atoms with Gasteiger partial charge in [-0.05, 0) is 25.3 Å². The molecule has 2 fully saturated rings. The number of carbonyl (C=O) groups is 2. The molecule has 2 atom stereocenters. The molecular formula is C25H28F2N4O4. The maximum atomic E-state index is 14.0. The number of pyridine rings is 1. The number of ether oxygens (including phenoxy) is 1. The third-order valence-corrected chi connectivity index (χ3v) is 7.08. The van der Waals surface area contributed by atoms with Gasteiger partial charge in [-0.3, -0.25) is 19.3 Å². The van der Waals surface area contributed by atoms with Crippen LogP contribution in [0.25, 0.3) is 0 Å². The van der Waals surface area contributed by atoms with E-state index in [2.05, 4.69) is 10.2 Å². The summed E-state index contributed by atoms with van der Waals surface area (Å²) in [7, 11) is 0. The molecule has 0 bridgehead atoms. The van der Waals surface area contributed by atoms with Crippen LogP contribution in [0.2, 0.25) is 0 Å². The highest BCUT2D eigenvalue weighted by Gasteiger charge is 2.48. The highest BCUT2D eigenvalue weighted by molar-refractivity contribution is 5.99. The summed E-state index contributed by atoms with van der Waals surface area (Å²) in [6.45, 7) is 3.97. The quantitative estimate of drug-likeness (QED) is 0.608. The third kappa shape index (κ3) is 4.20. The van der Waals surface area contributed by atoms with Gasteiger partial charge in [-0.2, -0.15) is 0 Å². The van der Waals surface area contributed by atoms with Gasteiger partial charge < -0.3 is 19.5 Å². The lowest BCUT2D eigenvalue weighted by Crippen LogP contribution is -2.50. The zero-order valence-corrected chi connectivity index (χ0v) is 19.6. The monoisotopic (exact) mass is 486 g/mol. The zero-order valence-electron chi connectivity index (χ0n) is 19.6. The van der Waals surface area contributed by atoms with Crippen LogP contribution in [0.5, 0.6) is 5.75 Å². The van der Waals surface area contributed by atoms with Gasteiger partial charge in [0, 0.05) is 43.5 Å². The summed E-state index contributed by atoms with van der Waals surface area (Å²) >= 11 is 0. The summed E-state index contributed by atoms with van der Waals surface area (Å²) in [5.41, 5.74) is -0.588. The summed E-state index contributed by atoms with van der Waals surface area (Å²) in [6, 6.07) is 3.38. The summed E-state index contributed by atoms with van der Waals surface area (Å²) in [5, 5.41) is 2.54. The van der Waals surface area contributed by atoms with E-state index in [-0.39, 0.29) is 47.8 Å². The number of amides is 2. The molecular weight excluding hydrogens is 458 g/mol. The molecule has 0 radical (unpaired) electrons. The van der Waals surface area contributed by atoms with Gasteiger partial charge in [-0.1, -0.05) is 19.4 Å². The molecule has 4 heterocycles. The van der Waals surface area contributed by atoms with Crippen LogP contribution in [0.4, 0.5) is 8.78 Å². The van der Waals surface area contributed by atoms with Crippen molar-refractivity contribution in [2.45, 2.75) is 57.9 Å². The largest absolute Gasteiger partial charge is 0.487 e. The molecule has 3 aliphatic rings. The molecule has 35 heavy (non-hydrogen) atoms. The third-order valence-electron chi connectivity index (χ3n) is 7.08. The highest BCUT2D eigenvalue weighted by atomic mass is 19.1. The number of hydrogen-bond donors (Lipinski definition) is 1. The van der Waals surface area contributed by atoms with E-state index < -0.39 is 23.0 Å². The number of halogens is 2. The molecule has 1 aromatic heterocycles. The van der Waals surface area contributed by atoms with Crippen molar-refractivity contribution in [1.29, 1.82) is 0 Å². The van der Waals surface area contributed by atoms with Crippen molar-refractivity contribution < 1.29 is 23.1 Å². The molecule has 186 valence electrons. The number of aromatic nitrogens is 1. The Morgan fingerprint density at radius 3 is 2.83 bits per heavy atom. The second-order valence-corrected chi connectivity index (χ2v) is 9.29. The number of carbonyl (C=O) groups excluding carboxylic acids is 2. The standard InChI is InChI=1S/C25H28F2N4O4/c1-2-3-9-35-23-21-25(34)31-12-17-5-4-8-30(17)20(31)14-29(21)13-18(22(23)32)24(33)28-11-15-6-7-16(26)10-19(15)27/h6-7,10,13,17,20H,2-5,8-9,11-12,14H2,1H3,(H,28,33)/t17-,20+/m0/s1. The van der Waals surface area contributed by atoms with Crippen LogP contribution in [-0.4, -0.2) is 58.1 Å². The van der Waals surface area contributed by atoms with Crippen molar-refractivity contribution in [3.8, 4) is 5.75 Å². The Labute approximate surface area is 201 Å². The van der Waals surface area contributed by atoms with Crippen molar-refractivity contribution in [3.63, 3.8) is 0 Å². The maximum Gasteiger partial charge on any atom is 0.275 e. The van der Waals surface area contributed by atoms with Crippen LogP contribution >= 0.6 is 0 Å². The lowest BCUT2D eigenvalue weighted by atomic mass is 10.1. The van der Waals surface area contributed by atoms with E-state index in [0.717, 1.165) is 37.9 Å². The topological polar surface area (TPSA) is 83.9 Å². The van der Waals surface area contributed by atoms with E-state index in [1.807, 2.05) is 11.8 Å². The molecule has 0 spiro atoms. The molecule has 0 saturated carbocycles. The second-order valence-electron chi connectivity index (χ2n) is 9.29. The molecule has 0 aliphatic carbocycles. The van der Waals surface area contributed by atoms with Crippen molar-refractivity contribution in [1.82, 2.24) is 19.7 Å². The van der Waals surface area contributed by atoms with Gasteiger partial charge in [-0.25, -0.2) is 8.78 Å². The first kappa shape index (κ1) is 23.5. The average molecular weight is 487 g/mol. The van der Waals surface area contributed by atoms with Gasteiger partial charge in [0.15, 0.2) is 11.4 Å². The molecule has 10 heteroatoms. The van der Waals surface area contributed by atoms with Gasteiger partial charge in [0.1, 0.15) is 23.4 Å². The number of unbranched alkanes of at least 4 members (excludes halogenated alkanes) is 1. The van der Waals surface area contributed by atoms with Crippen LogP contribution in [0.1, 0.15) is 59.0 Å². The van der Waals surface area contributed by atoms with Crippen molar-refractivity contribution in [3.05, 3.63) is 63.1 Å². The molecule has 0 unspecified atom stereocenters. The number of rotatable bonds is 7. The van der Waals surface area contributed by atoms with Crippen LogP contribution in [0.15, 0.2) is 29.2 Å². The molecule has 2 amide bonds. The minimum atomic E-state index is -0.789. The Kier molecular flexibility index (Phi) is 6.31. The predicted molar refractivity (Wildman–Crippen MR) is 123 cm³/mol. The summed E-state index contributed by atoms with van der Waals surface area (Å²) in [5.74, 6) is -2.60. The van der Waals surface area contributed by atoms with Crippen LogP contribution in [-0.2, 0) is 13.1 Å². The Morgan fingerprint density at radius 1 is 1.23 bits per heavy atom. The Morgan fingerprint density at radius 2 is 2.06 bits per heavy atom. The fourth-order valence-electron chi connectivity index (χ4n) is 5.26. The number of nitrogens with zero attached hydrogens (tertiary/aromatic N) is 3. The van der Waals surface area contributed by atoms with Crippen LogP contribution < -0.4 is 15.5 Å². The first-order valence-electron chi connectivity index (χ1n) is 12.1. The molecule has 1 aromatic carbocycles. The van der Waals surface area contributed by atoms with Crippen LogP contribution in [0.3, 0.4) is 0 Å². The minimum absolute atomic E-state index is 0.0917. The Balaban J connectivity index is 1.47. The van der Waals surface area contributed by atoms with Crippen molar-refractivity contribution in [2.75, 3.05) is 19.7 Å². The van der Waals surface area contributed by atoms with Gasteiger partial charge in [0.2, 0.25) is 5.43 Å². The molecule has 1 N–H and O–H groups in total. The first-order valence-corrected chi connectivity index (χ1v) is 12.1. The Hall–Kier alpha value is -3.27. The predicted octanol–water partition coefficient (Wildman–Crippen LogP) is 2.50. The molecule has 2 aromatic rings. The van der Waals surface area contributed by atoms with Gasteiger partial charge in [-0.15, -0.1) is 0 Å². The van der Waals surface area contributed by atoms with Gasteiger partial charge >= 0.3 is 0 Å². The van der Waals surface area contributed by atoms with Gasteiger partial charge in [0.05, 0.1) is 13.2 Å². The normalized spacial score (nSPS) is 21.0. The number of benzene rings is 1. The zero-order chi connectivity index (χ0) is 24.7. The fraction of sp³-hybridized carbons (Fsp3) is 0.480. The molecule has 2 saturated heterocycles. The lowest BCUT2D eigenvalue weighted by molar-refractivity contribution is 0.0511. The van der Waals surface area contributed by atoms with E-state index in [9.17, 15) is 23.2 Å². The van der Waals surface area contributed by atoms with E-state index >= 15 is 0 Å². The summed E-state index contributed by atoms with van der Waals surface area (Å²) in [6.07, 6.45) is 4.92. The van der Waals surface area contributed by atoms with Crippen molar-refractivity contribution >= 4 is 11.8 Å². The molecule has 8 nitrogen and oxygen atoms in total. The van der Waals surface area contributed by atoms with E-state index in [1.54, 1.807) is 4.57 Å². The Bertz CT molecular complexity index is 1230. The fourth-order valence-corrected chi connectivity index (χ4v) is 5.26. The second kappa shape index (κ2) is 9.41. The number of nitrogens with one attached hydrogen (secondary N) is 1. The van der Waals surface area contributed by atoms with Crippen molar-refractivity contribution in [2.24, 2.45) is 0 Å².